The van der Waals surface area contributed by atoms with Crippen LogP contribution in [0.1, 0.15) is 38.9 Å². The van der Waals surface area contributed by atoms with Gasteiger partial charge in [0.2, 0.25) is 0 Å². The summed E-state index contributed by atoms with van der Waals surface area (Å²) in [4.78, 5) is 29.2. The van der Waals surface area contributed by atoms with Gasteiger partial charge in [0.15, 0.2) is 11.5 Å². The third-order valence-electron chi connectivity index (χ3n) is 6.44. The minimum absolute atomic E-state index is 0.290. The van der Waals surface area contributed by atoms with Crippen LogP contribution in [-0.4, -0.2) is 36.8 Å². The molecule has 5 rings (SSSR count). The van der Waals surface area contributed by atoms with Crippen LogP contribution in [0.25, 0.3) is 22.0 Å². The Morgan fingerprint density at radius 2 is 1.68 bits per heavy atom. The van der Waals surface area contributed by atoms with E-state index in [1.54, 1.807) is 37.4 Å². The summed E-state index contributed by atoms with van der Waals surface area (Å²) in [7, 11) is 1.59. The van der Waals surface area contributed by atoms with Crippen molar-refractivity contribution in [2.45, 2.75) is 13.8 Å². The fourth-order valence-corrected chi connectivity index (χ4v) is 4.46. The number of ether oxygens (including phenoxy) is 3. The number of benzene rings is 4. The molecule has 0 aliphatic carbocycles. The Morgan fingerprint density at radius 3 is 2.41 bits per heavy atom. The van der Waals surface area contributed by atoms with E-state index in [9.17, 15) is 9.59 Å². The predicted molar refractivity (Wildman–Crippen MR) is 159 cm³/mol. The number of para-hydroxylation sites is 1. The number of nitrogens with zero attached hydrogens (tertiary/aromatic N) is 1. The summed E-state index contributed by atoms with van der Waals surface area (Å²) >= 11 is 0. The smallest absolute Gasteiger partial charge is 0.343 e. The number of hydrogen-bond acceptors (Lipinski definition) is 6. The predicted octanol–water partition coefficient (Wildman–Crippen LogP) is 6.53. The van der Waals surface area contributed by atoms with Crippen molar-refractivity contribution >= 4 is 29.0 Å². The average Bonchev–Trinajstić information content (AvgIpc) is 3.39. The molecule has 0 spiro atoms. The molecule has 0 fully saturated rings. The van der Waals surface area contributed by atoms with E-state index in [1.165, 1.54) is 6.21 Å². The Bertz CT molecular complexity index is 1720. The molecule has 0 atom stereocenters. The Balaban J connectivity index is 1.37. The van der Waals surface area contributed by atoms with Crippen LogP contribution in [0.15, 0.2) is 96.1 Å². The number of hydrogen-bond donors (Lipinski definition) is 2. The highest BCUT2D eigenvalue weighted by molar-refractivity contribution is 6.11. The van der Waals surface area contributed by atoms with E-state index in [4.69, 9.17) is 14.2 Å². The number of methoxy groups -OCH3 is 1. The SMILES string of the molecule is CCOc1cc(C=NNC(=O)c2[nH]c3c(OC)cccc3c2-c2ccccc2)ccc1OC(=O)c1ccc(C)cc1. The minimum Gasteiger partial charge on any atom is -0.495 e. The van der Waals surface area contributed by atoms with Gasteiger partial charge in [-0.3, -0.25) is 4.79 Å². The number of aromatic amines is 1. The van der Waals surface area contributed by atoms with Gasteiger partial charge in [-0.25, -0.2) is 10.2 Å². The van der Waals surface area contributed by atoms with Gasteiger partial charge in [-0.15, -0.1) is 0 Å². The maximum absolute atomic E-state index is 13.3. The molecule has 41 heavy (non-hydrogen) atoms. The average molecular weight is 548 g/mol. The molecule has 4 aromatic carbocycles. The Kier molecular flexibility index (Phi) is 8.10. The van der Waals surface area contributed by atoms with Gasteiger partial charge < -0.3 is 19.2 Å². The van der Waals surface area contributed by atoms with Gasteiger partial charge >= 0.3 is 5.97 Å². The monoisotopic (exact) mass is 547 g/mol. The summed E-state index contributed by atoms with van der Waals surface area (Å²) in [5.74, 6) is 0.417. The first-order valence-corrected chi connectivity index (χ1v) is 13.1. The number of H-pyrrole nitrogens is 1. The Morgan fingerprint density at radius 1 is 0.902 bits per heavy atom. The molecule has 0 bridgehead atoms. The molecule has 8 nitrogen and oxygen atoms in total. The number of nitrogens with one attached hydrogen (secondary N) is 2. The van der Waals surface area contributed by atoms with Crippen molar-refractivity contribution in [3.8, 4) is 28.4 Å². The quantitative estimate of drug-likeness (QED) is 0.0945. The van der Waals surface area contributed by atoms with Crippen molar-refractivity contribution in [2.24, 2.45) is 5.10 Å². The van der Waals surface area contributed by atoms with Crippen LogP contribution in [-0.2, 0) is 0 Å². The van der Waals surface area contributed by atoms with Crippen molar-refractivity contribution in [1.29, 1.82) is 0 Å². The second kappa shape index (κ2) is 12.2. The Hall–Kier alpha value is -5.37. The molecule has 0 unspecified atom stereocenters. The topological polar surface area (TPSA) is 102 Å². The van der Waals surface area contributed by atoms with Crippen LogP contribution in [0, 0.1) is 6.92 Å². The molecular formula is C33H29N3O5. The third-order valence-corrected chi connectivity index (χ3v) is 6.44. The van der Waals surface area contributed by atoms with Crippen molar-refractivity contribution < 1.29 is 23.8 Å². The second-order valence-electron chi connectivity index (χ2n) is 9.22. The highest BCUT2D eigenvalue weighted by Gasteiger charge is 2.21. The standard InChI is InChI=1S/C33H29N3O5/c1-4-40-28-19-22(15-18-26(28)41-33(38)24-16-13-21(2)14-17-24)20-34-36-32(37)31-29(23-9-6-5-7-10-23)25-11-8-12-27(39-3)30(25)35-31/h5-20,35H,4H2,1-3H3,(H,36,37). The summed E-state index contributed by atoms with van der Waals surface area (Å²) < 4.78 is 16.8. The number of esters is 1. The van der Waals surface area contributed by atoms with Crippen molar-refractivity contribution in [3.63, 3.8) is 0 Å². The van der Waals surface area contributed by atoms with Gasteiger partial charge in [-0.2, -0.15) is 5.10 Å². The van der Waals surface area contributed by atoms with Gasteiger partial charge in [-0.1, -0.05) is 60.2 Å². The van der Waals surface area contributed by atoms with E-state index < -0.39 is 11.9 Å². The van der Waals surface area contributed by atoms with Gasteiger partial charge in [-0.05, 0) is 61.4 Å². The number of aromatic nitrogens is 1. The molecule has 0 saturated heterocycles. The normalized spacial score (nSPS) is 11.0. The number of carbonyl (C=O) groups excluding carboxylic acids is 2. The molecule has 1 amide bonds. The fourth-order valence-electron chi connectivity index (χ4n) is 4.46. The van der Waals surface area contributed by atoms with E-state index in [0.29, 0.717) is 34.9 Å². The number of fused-ring (bicyclic) bond motifs is 1. The van der Waals surface area contributed by atoms with Crippen molar-refractivity contribution in [3.05, 3.63) is 113 Å². The number of amides is 1. The van der Waals surface area contributed by atoms with Crippen molar-refractivity contribution in [1.82, 2.24) is 10.4 Å². The van der Waals surface area contributed by atoms with Gasteiger partial charge in [0, 0.05) is 10.9 Å². The molecule has 5 aromatic rings. The van der Waals surface area contributed by atoms with Crippen LogP contribution in [0.5, 0.6) is 17.2 Å². The Labute approximate surface area is 237 Å². The highest BCUT2D eigenvalue weighted by Crippen LogP contribution is 2.36. The van der Waals surface area contributed by atoms with Crippen LogP contribution in [0.2, 0.25) is 0 Å². The van der Waals surface area contributed by atoms with E-state index >= 15 is 0 Å². The first-order valence-electron chi connectivity index (χ1n) is 13.1. The number of hydrazone groups is 1. The minimum atomic E-state index is -0.483. The summed E-state index contributed by atoms with van der Waals surface area (Å²) in [6, 6.07) is 27.5. The van der Waals surface area contributed by atoms with E-state index in [-0.39, 0.29) is 5.75 Å². The van der Waals surface area contributed by atoms with Gasteiger partial charge in [0.05, 0.1) is 31.0 Å². The molecule has 2 N–H and O–H groups in total. The van der Waals surface area contributed by atoms with Crippen LogP contribution in [0.4, 0.5) is 0 Å². The van der Waals surface area contributed by atoms with Crippen LogP contribution in [0.3, 0.4) is 0 Å². The largest absolute Gasteiger partial charge is 0.495 e. The maximum Gasteiger partial charge on any atom is 0.343 e. The zero-order chi connectivity index (χ0) is 28.8. The lowest BCUT2D eigenvalue weighted by Gasteiger charge is -2.11. The zero-order valence-electron chi connectivity index (χ0n) is 22.9. The number of carbonyl (C=O) groups is 2. The van der Waals surface area contributed by atoms with E-state index in [1.807, 2.05) is 74.5 Å². The third kappa shape index (κ3) is 5.96. The fraction of sp³-hybridized carbons (Fsp3) is 0.121. The molecular weight excluding hydrogens is 518 g/mol. The molecule has 0 saturated carbocycles. The van der Waals surface area contributed by atoms with E-state index in [0.717, 1.165) is 27.6 Å². The van der Waals surface area contributed by atoms with Crippen LogP contribution >= 0.6 is 0 Å². The number of aryl methyl sites for hydroxylation is 1. The van der Waals surface area contributed by atoms with Crippen LogP contribution < -0.4 is 19.6 Å². The molecule has 1 heterocycles. The summed E-state index contributed by atoms with van der Waals surface area (Å²) in [5.41, 5.74) is 7.47. The lowest BCUT2D eigenvalue weighted by molar-refractivity contribution is 0.0728. The molecule has 0 aliphatic heterocycles. The first kappa shape index (κ1) is 27.2. The van der Waals surface area contributed by atoms with E-state index in [2.05, 4.69) is 15.5 Å². The summed E-state index contributed by atoms with van der Waals surface area (Å²) in [6.07, 6.45) is 1.50. The molecule has 8 heteroatoms. The summed E-state index contributed by atoms with van der Waals surface area (Å²) in [5, 5.41) is 5.04. The van der Waals surface area contributed by atoms with Gasteiger partial charge in [0.1, 0.15) is 11.4 Å². The second-order valence-corrected chi connectivity index (χ2v) is 9.22. The molecule has 0 radical (unpaired) electrons. The zero-order valence-corrected chi connectivity index (χ0v) is 22.9. The molecule has 1 aromatic heterocycles. The molecule has 0 aliphatic rings. The maximum atomic E-state index is 13.3. The first-order chi connectivity index (χ1) is 20.0. The summed E-state index contributed by atoms with van der Waals surface area (Å²) in [6.45, 7) is 4.16. The lowest BCUT2D eigenvalue weighted by Crippen LogP contribution is -2.19. The molecule has 206 valence electrons. The van der Waals surface area contributed by atoms with Gasteiger partial charge in [0.25, 0.3) is 5.91 Å². The highest BCUT2D eigenvalue weighted by atomic mass is 16.6. The lowest BCUT2D eigenvalue weighted by atomic mass is 10.0. The van der Waals surface area contributed by atoms with Crippen molar-refractivity contribution in [2.75, 3.05) is 13.7 Å². The number of rotatable bonds is 9.